The van der Waals surface area contributed by atoms with Gasteiger partial charge in [0.25, 0.3) is 5.91 Å². The van der Waals surface area contributed by atoms with Crippen molar-refractivity contribution in [2.45, 2.75) is 58.5 Å². The average molecular weight is 595 g/mol. The molecule has 2 aliphatic heterocycles. The van der Waals surface area contributed by atoms with Crippen LogP contribution in [0.1, 0.15) is 62.4 Å². The van der Waals surface area contributed by atoms with E-state index in [-0.39, 0.29) is 24.3 Å². The third kappa shape index (κ3) is 5.80. The van der Waals surface area contributed by atoms with Gasteiger partial charge in [-0.2, -0.15) is 5.10 Å². The van der Waals surface area contributed by atoms with Gasteiger partial charge < -0.3 is 24.8 Å². The van der Waals surface area contributed by atoms with Crippen LogP contribution in [0.3, 0.4) is 0 Å². The highest BCUT2D eigenvalue weighted by Crippen LogP contribution is 2.34. The summed E-state index contributed by atoms with van der Waals surface area (Å²) >= 11 is 0. The summed E-state index contributed by atoms with van der Waals surface area (Å²) < 4.78 is 8.86. The van der Waals surface area contributed by atoms with Crippen LogP contribution in [-0.2, 0) is 16.1 Å². The van der Waals surface area contributed by atoms with Crippen LogP contribution >= 0.6 is 12.4 Å². The van der Waals surface area contributed by atoms with Crippen LogP contribution in [-0.4, -0.2) is 69.5 Å². The molecule has 2 saturated heterocycles. The van der Waals surface area contributed by atoms with Crippen molar-refractivity contribution in [3.63, 3.8) is 0 Å². The molecule has 11 nitrogen and oxygen atoms in total. The Bertz CT molecular complexity index is 1580. The molecule has 4 aromatic rings. The summed E-state index contributed by atoms with van der Waals surface area (Å²) in [6.07, 6.45) is 10.9. The largest absolute Gasteiger partial charge is 0.469 e. The molecule has 0 saturated carbocycles. The van der Waals surface area contributed by atoms with Gasteiger partial charge >= 0.3 is 5.97 Å². The minimum absolute atomic E-state index is 0. The number of pyridine rings is 1. The standard InChI is InChI=1S/C30H38N8O3.ClH/c1-30(2,29(40)41-3)18-37-19-33-26-22(9-12-32-27(26)37)28(39)34-24-15-20-17-38(21-7-10-31-11-8-21)35-23(20)16-25(24)36-13-5-4-6-14-36;/h9,12,15-17,19,21,31H,4-8,10-11,13-14,18H2,1-3H3,(H,34,39);1H. The van der Waals surface area contributed by atoms with Crippen LogP contribution in [0.15, 0.2) is 36.9 Å². The number of amides is 1. The summed E-state index contributed by atoms with van der Waals surface area (Å²) in [6, 6.07) is 6.25. The molecule has 2 aliphatic rings. The molecule has 6 rings (SSSR count). The maximum absolute atomic E-state index is 13.8. The van der Waals surface area contributed by atoms with Crippen LogP contribution in [0.4, 0.5) is 11.4 Å². The minimum Gasteiger partial charge on any atom is -0.469 e. The van der Waals surface area contributed by atoms with Crippen molar-refractivity contribution in [1.29, 1.82) is 0 Å². The van der Waals surface area contributed by atoms with E-state index in [1.807, 2.05) is 13.8 Å². The predicted octanol–water partition coefficient (Wildman–Crippen LogP) is 4.57. The Balaban J connectivity index is 0.00000353. The number of aromatic nitrogens is 5. The Labute approximate surface area is 251 Å². The van der Waals surface area contributed by atoms with E-state index in [2.05, 4.69) is 48.5 Å². The Morgan fingerprint density at radius 3 is 2.62 bits per heavy atom. The third-order valence-corrected chi connectivity index (χ3v) is 8.32. The van der Waals surface area contributed by atoms with E-state index in [1.54, 1.807) is 23.2 Å². The van der Waals surface area contributed by atoms with Crippen LogP contribution in [0.5, 0.6) is 0 Å². The molecule has 0 aliphatic carbocycles. The van der Waals surface area contributed by atoms with Gasteiger partial charge in [-0.25, -0.2) is 9.97 Å². The van der Waals surface area contributed by atoms with E-state index in [4.69, 9.17) is 9.84 Å². The molecule has 2 fully saturated rings. The van der Waals surface area contributed by atoms with Crippen molar-refractivity contribution in [2.24, 2.45) is 5.41 Å². The number of piperidine rings is 2. The quantitative estimate of drug-likeness (QED) is 0.299. The van der Waals surface area contributed by atoms with E-state index in [0.29, 0.717) is 29.3 Å². The van der Waals surface area contributed by atoms with Crippen molar-refractivity contribution in [1.82, 2.24) is 29.6 Å². The highest BCUT2D eigenvalue weighted by atomic mass is 35.5. The fourth-order valence-corrected chi connectivity index (χ4v) is 6.05. The smallest absolute Gasteiger partial charge is 0.313 e. The molecule has 0 unspecified atom stereocenters. The van der Waals surface area contributed by atoms with Gasteiger partial charge in [0, 0.05) is 37.4 Å². The van der Waals surface area contributed by atoms with E-state index < -0.39 is 5.41 Å². The number of nitrogens with zero attached hydrogens (tertiary/aromatic N) is 6. The number of fused-ring (bicyclic) bond motifs is 2. The highest BCUT2D eigenvalue weighted by Gasteiger charge is 2.30. The summed E-state index contributed by atoms with van der Waals surface area (Å²) in [6.45, 7) is 7.84. The Kier molecular flexibility index (Phi) is 8.70. The fourth-order valence-electron chi connectivity index (χ4n) is 6.05. The number of ether oxygens (including phenoxy) is 1. The van der Waals surface area contributed by atoms with Gasteiger partial charge in [0.05, 0.1) is 47.3 Å². The number of hydrogen-bond acceptors (Lipinski definition) is 8. The first-order chi connectivity index (χ1) is 19.8. The number of carbonyl (C=O) groups excluding carboxylic acids is 2. The van der Waals surface area contributed by atoms with Gasteiger partial charge in [-0.15, -0.1) is 12.4 Å². The molecule has 0 atom stereocenters. The Morgan fingerprint density at radius 1 is 1.12 bits per heavy atom. The summed E-state index contributed by atoms with van der Waals surface area (Å²) in [7, 11) is 1.38. The molecular formula is C30H39ClN8O3. The molecule has 3 aromatic heterocycles. The number of anilines is 2. The number of halogens is 1. The molecule has 42 heavy (non-hydrogen) atoms. The Morgan fingerprint density at radius 2 is 1.88 bits per heavy atom. The number of esters is 1. The lowest BCUT2D eigenvalue weighted by Gasteiger charge is -2.30. The molecule has 1 aromatic carbocycles. The van der Waals surface area contributed by atoms with E-state index in [9.17, 15) is 9.59 Å². The molecule has 5 heterocycles. The summed E-state index contributed by atoms with van der Waals surface area (Å²) in [4.78, 5) is 37.4. The van der Waals surface area contributed by atoms with Crippen LogP contribution < -0.4 is 15.5 Å². The molecule has 12 heteroatoms. The van der Waals surface area contributed by atoms with E-state index in [1.165, 1.54) is 13.5 Å². The molecule has 1 amide bonds. The molecule has 224 valence electrons. The first-order valence-corrected chi connectivity index (χ1v) is 14.5. The number of hydrogen-bond donors (Lipinski definition) is 2. The normalized spacial score (nSPS) is 16.4. The monoisotopic (exact) mass is 594 g/mol. The zero-order valence-electron chi connectivity index (χ0n) is 24.4. The molecule has 0 bridgehead atoms. The first-order valence-electron chi connectivity index (χ1n) is 14.5. The van der Waals surface area contributed by atoms with Crippen molar-refractivity contribution in [3.8, 4) is 0 Å². The van der Waals surface area contributed by atoms with Crippen LogP contribution in [0.25, 0.3) is 22.1 Å². The SMILES string of the molecule is COC(=O)C(C)(C)Cn1cnc2c(C(=O)Nc3cc4cn(C5CCNCC5)nc4cc3N3CCCCC3)ccnc21.Cl. The average Bonchev–Trinajstić information content (AvgIpc) is 3.60. The van der Waals surface area contributed by atoms with Crippen molar-refractivity contribution in [3.05, 3.63) is 42.5 Å². The van der Waals surface area contributed by atoms with Gasteiger partial charge in [0.15, 0.2) is 5.65 Å². The van der Waals surface area contributed by atoms with E-state index in [0.717, 1.165) is 74.1 Å². The zero-order chi connectivity index (χ0) is 28.6. The maximum Gasteiger partial charge on any atom is 0.313 e. The number of benzene rings is 1. The van der Waals surface area contributed by atoms with E-state index >= 15 is 0 Å². The second-order valence-corrected chi connectivity index (χ2v) is 11.8. The van der Waals surface area contributed by atoms with Crippen molar-refractivity contribution >= 4 is 57.7 Å². The molecule has 0 spiro atoms. The number of imidazole rings is 1. The maximum atomic E-state index is 13.8. The van der Waals surface area contributed by atoms with Crippen molar-refractivity contribution in [2.75, 3.05) is 43.5 Å². The van der Waals surface area contributed by atoms with Gasteiger partial charge in [0.2, 0.25) is 0 Å². The number of carbonyl (C=O) groups is 2. The zero-order valence-corrected chi connectivity index (χ0v) is 25.2. The fraction of sp³-hybridized carbons (Fsp3) is 0.500. The minimum atomic E-state index is -0.778. The number of methoxy groups -OCH3 is 1. The molecule has 0 radical (unpaired) electrons. The van der Waals surface area contributed by atoms with Crippen LogP contribution in [0.2, 0.25) is 0 Å². The summed E-state index contributed by atoms with van der Waals surface area (Å²) in [5.41, 5.74) is 3.40. The Hall–Kier alpha value is -3.70. The van der Waals surface area contributed by atoms with Gasteiger partial charge in [0.1, 0.15) is 5.52 Å². The lowest BCUT2D eigenvalue weighted by atomic mass is 9.94. The molecule has 2 N–H and O–H groups in total. The van der Waals surface area contributed by atoms with Crippen LogP contribution in [0, 0.1) is 5.41 Å². The van der Waals surface area contributed by atoms with Gasteiger partial charge in [-0.05, 0) is 77.2 Å². The van der Waals surface area contributed by atoms with Gasteiger partial charge in [-0.1, -0.05) is 0 Å². The summed E-state index contributed by atoms with van der Waals surface area (Å²) in [5.74, 6) is -0.574. The first kappa shape index (κ1) is 29.8. The third-order valence-electron chi connectivity index (χ3n) is 8.32. The second kappa shape index (κ2) is 12.3. The lowest BCUT2D eigenvalue weighted by Crippen LogP contribution is -2.30. The lowest BCUT2D eigenvalue weighted by molar-refractivity contribution is -0.151. The summed E-state index contributed by atoms with van der Waals surface area (Å²) in [5, 5.41) is 12.6. The number of nitrogens with one attached hydrogen (secondary N) is 2. The van der Waals surface area contributed by atoms with Crippen molar-refractivity contribution < 1.29 is 14.3 Å². The predicted molar refractivity (Wildman–Crippen MR) is 165 cm³/mol. The van der Waals surface area contributed by atoms with Gasteiger partial charge in [-0.3, -0.25) is 14.3 Å². The number of rotatable bonds is 7. The highest BCUT2D eigenvalue weighted by molar-refractivity contribution is 6.12. The topological polar surface area (TPSA) is 119 Å². The molecular weight excluding hydrogens is 556 g/mol. The second-order valence-electron chi connectivity index (χ2n) is 11.8.